The van der Waals surface area contributed by atoms with Gasteiger partial charge in [0, 0.05) is 30.1 Å². The molecule has 1 heterocycles. The molecule has 1 atom stereocenters. The molecule has 0 unspecified atom stereocenters. The Morgan fingerprint density at radius 3 is 2.35 bits per heavy atom. The van der Waals surface area contributed by atoms with Crippen molar-refractivity contribution in [2.75, 3.05) is 13.2 Å². The van der Waals surface area contributed by atoms with E-state index in [0.29, 0.717) is 0 Å². The van der Waals surface area contributed by atoms with E-state index in [1.807, 2.05) is 66.3 Å². The Bertz CT molecular complexity index is 1210. The number of ether oxygens (including phenoxy) is 1. The van der Waals surface area contributed by atoms with Crippen molar-refractivity contribution in [3.8, 4) is 11.1 Å². The molecule has 1 amide bonds. The number of nitrogens with one attached hydrogen (secondary N) is 1. The number of rotatable bonds is 5. The van der Waals surface area contributed by atoms with E-state index in [1.165, 1.54) is 22.3 Å². The second kappa shape index (κ2) is 7.93. The Labute approximate surface area is 180 Å². The first-order chi connectivity index (χ1) is 15.2. The molecule has 5 rings (SSSR count). The van der Waals surface area contributed by atoms with Crippen LogP contribution < -0.4 is 5.32 Å². The molecular formula is C26H24N2O3. The SMILES string of the molecule is Cn1ccc2c([C@@H](CO)NC(=O)OCC3c4ccccc4-c4ccccc43)cccc21. The number of hydrogen-bond donors (Lipinski definition) is 2. The standard InChI is InChI=1S/C26H24N2O3/c1-28-14-13-22-21(11-6-12-25(22)28)24(15-29)27-26(30)31-16-23-19-9-4-2-7-17(19)18-8-3-5-10-20(18)23/h2-14,23-24,29H,15-16H2,1H3,(H,27,30)/t24-/m1/s1. The molecule has 4 aromatic rings. The molecule has 1 aromatic heterocycles. The van der Waals surface area contributed by atoms with Gasteiger partial charge in [-0.3, -0.25) is 0 Å². The number of aliphatic hydroxyl groups excluding tert-OH is 1. The maximum Gasteiger partial charge on any atom is 0.407 e. The zero-order chi connectivity index (χ0) is 21.4. The summed E-state index contributed by atoms with van der Waals surface area (Å²) < 4.78 is 7.66. The lowest BCUT2D eigenvalue weighted by atomic mass is 9.98. The van der Waals surface area contributed by atoms with Crippen LogP contribution in [0.2, 0.25) is 0 Å². The Morgan fingerprint density at radius 1 is 1.00 bits per heavy atom. The molecule has 31 heavy (non-hydrogen) atoms. The largest absolute Gasteiger partial charge is 0.449 e. The van der Waals surface area contributed by atoms with Crippen LogP contribution in [0.1, 0.15) is 28.7 Å². The summed E-state index contributed by atoms with van der Waals surface area (Å²) in [6.07, 6.45) is 1.43. The quantitative estimate of drug-likeness (QED) is 0.497. The van der Waals surface area contributed by atoms with Crippen molar-refractivity contribution in [2.45, 2.75) is 12.0 Å². The van der Waals surface area contributed by atoms with Crippen molar-refractivity contribution >= 4 is 17.0 Å². The highest BCUT2D eigenvalue weighted by Gasteiger charge is 2.29. The van der Waals surface area contributed by atoms with E-state index in [0.717, 1.165) is 16.5 Å². The number of aryl methyl sites for hydroxylation is 1. The molecule has 0 aliphatic heterocycles. The van der Waals surface area contributed by atoms with Crippen LogP contribution in [0, 0.1) is 0 Å². The van der Waals surface area contributed by atoms with Crippen LogP contribution >= 0.6 is 0 Å². The van der Waals surface area contributed by atoms with Crippen molar-refractivity contribution in [1.29, 1.82) is 0 Å². The van der Waals surface area contributed by atoms with Gasteiger partial charge >= 0.3 is 6.09 Å². The molecule has 0 saturated heterocycles. The van der Waals surface area contributed by atoms with E-state index >= 15 is 0 Å². The minimum atomic E-state index is -0.540. The average Bonchev–Trinajstić information content (AvgIpc) is 3.34. The number of fused-ring (bicyclic) bond motifs is 4. The first-order valence-electron chi connectivity index (χ1n) is 10.4. The van der Waals surface area contributed by atoms with Gasteiger partial charge in [0.15, 0.2) is 0 Å². The minimum Gasteiger partial charge on any atom is -0.449 e. The molecule has 0 fully saturated rings. The molecule has 2 N–H and O–H groups in total. The second-order valence-corrected chi connectivity index (χ2v) is 7.91. The fourth-order valence-corrected chi connectivity index (χ4v) is 4.63. The fourth-order valence-electron chi connectivity index (χ4n) is 4.63. The third kappa shape index (κ3) is 3.37. The van der Waals surface area contributed by atoms with E-state index < -0.39 is 12.1 Å². The van der Waals surface area contributed by atoms with Gasteiger partial charge in [0.25, 0.3) is 0 Å². The summed E-state index contributed by atoms with van der Waals surface area (Å²) >= 11 is 0. The van der Waals surface area contributed by atoms with Crippen molar-refractivity contribution in [1.82, 2.24) is 9.88 Å². The third-order valence-electron chi connectivity index (χ3n) is 6.16. The van der Waals surface area contributed by atoms with Gasteiger partial charge in [-0.25, -0.2) is 4.79 Å². The summed E-state index contributed by atoms with van der Waals surface area (Å²) in [6.45, 7) is 0.0335. The molecular weight excluding hydrogens is 388 g/mol. The summed E-state index contributed by atoms with van der Waals surface area (Å²) in [4.78, 5) is 12.7. The first kappa shape index (κ1) is 19.4. The molecule has 0 bridgehead atoms. The second-order valence-electron chi connectivity index (χ2n) is 7.91. The van der Waals surface area contributed by atoms with Crippen LogP contribution in [0.4, 0.5) is 4.79 Å². The van der Waals surface area contributed by atoms with E-state index in [2.05, 4.69) is 29.6 Å². The van der Waals surface area contributed by atoms with E-state index in [9.17, 15) is 9.90 Å². The van der Waals surface area contributed by atoms with Gasteiger partial charge in [-0.1, -0.05) is 60.7 Å². The Hall–Kier alpha value is -3.57. The van der Waals surface area contributed by atoms with Crippen molar-refractivity contribution in [3.05, 3.63) is 95.7 Å². The highest BCUT2D eigenvalue weighted by atomic mass is 16.5. The summed E-state index contributed by atoms with van der Waals surface area (Å²) in [7, 11) is 1.97. The Balaban J connectivity index is 1.33. The van der Waals surface area contributed by atoms with Gasteiger partial charge < -0.3 is 19.7 Å². The Morgan fingerprint density at radius 2 is 1.68 bits per heavy atom. The first-order valence-corrected chi connectivity index (χ1v) is 10.4. The molecule has 1 aliphatic rings. The van der Waals surface area contributed by atoms with Crippen LogP contribution in [-0.2, 0) is 11.8 Å². The lowest BCUT2D eigenvalue weighted by molar-refractivity contribution is 0.132. The number of aromatic nitrogens is 1. The molecule has 0 saturated carbocycles. The van der Waals surface area contributed by atoms with E-state index in [4.69, 9.17) is 4.74 Å². The maximum absolute atomic E-state index is 12.7. The highest BCUT2D eigenvalue weighted by Crippen LogP contribution is 2.44. The predicted molar refractivity (Wildman–Crippen MR) is 121 cm³/mol. The van der Waals surface area contributed by atoms with Gasteiger partial charge in [-0.15, -0.1) is 0 Å². The van der Waals surface area contributed by atoms with Crippen molar-refractivity contribution in [3.63, 3.8) is 0 Å². The molecule has 1 aliphatic carbocycles. The zero-order valence-corrected chi connectivity index (χ0v) is 17.3. The van der Waals surface area contributed by atoms with E-state index in [-0.39, 0.29) is 19.1 Å². The smallest absolute Gasteiger partial charge is 0.407 e. The van der Waals surface area contributed by atoms with Gasteiger partial charge in [-0.05, 0) is 39.9 Å². The number of aliphatic hydroxyl groups is 1. The van der Waals surface area contributed by atoms with Crippen LogP contribution in [0.3, 0.4) is 0 Å². The average molecular weight is 412 g/mol. The number of nitrogens with zero attached hydrogens (tertiary/aromatic N) is 1. The molecule has 3 aromatic carbocycles. The van der Waals surface area contributed by atoms with Gasteiger partial charge in [0.05, 0.1) is 12.6 Å². The lowest BCUT2D eigenvalue weighted by Crippen LogP contribution is -2.32. The predicted octanol–water partition coefficient (Wildman–Crippen LogP) is 4.75. The van der Waals surface area contributed by atoms with Crippen LogP contribution in [0.5, 0.6) is 0 Å². The molecule has 156 valence electrons. The molecule has 0 spiro atoms. The Kier molecular flexibility index (Phi) is 4.96. The van der Waals surface area contributed by atoms with Crippen LogP contribution in [0.15, 0.2) is 79.0 Å². The van der Waals surface area contributed by atoms with Crippen LogP contribution in [0.25, 0.3) is 22.0 Å². The van der Waals surface area contributed by atoms with Gasteiger partial charge in [-0.2, -0.15) is 0 Å². The number of carbonyl (C=O) groups is 1. The topological polar surface area (TPSA) is 63.5 Å². The normalized spacial score (nSPS) is 13.6. The van der Waals surface area contributed by atoms with E-state index in [1.54, 1.807) is 0 Å². The number of alkyl carbamates (subject to hydrolysis) is 1. The third-order valence-corrected chi connectivity index (χ3v) is 6.16. The van der Waals surface area contributed by atoms with Gasteiger partial charge in [0.2, 0.25) is 0 Å². The molecule has 5 heteroatoms. The zero-order valence-electron chi connectivity index (χ0n) is 17.3. The minimum absolute atomic E-state index is 0.00304. The summed E-state index contributed by atoms with van der Waals surface area (Å²) in [5.74, 6) is 0.00304. The van der Waals surface area contributed by atoms with Crippen molar-refractivity contribution < 1.29 is 14.6 Å². The monoisotopic (exact) mass is 412 g/mol. The molecule has 5 nitrogen and oxygen atoms in total. The van der Waals surface area contributed by atoms with Gasteiger partial charge in [0.1, 0.15) is 6.61 Å². The summed E-state index contributed by atoms with van der Waals surface area (Å²) in [5.41, 5.74) is 6.64. The van der Waals surface area contributed by atoms with Crippen molar-refractivity contribution in [2.24, 2.45) is 7.05 Å². The van der Waals surface area contributed by atoms with Crippen LogP contribution in [-0.4, -0.2) is 29.0 Å². The maximum atomic E-state index is 12.7. The number of amides is 1. The summed E-state index contributed by atoms with van der Waals surface area (Å²) in [5, 5.41) is 13.8. The molecule has 0 radical (unpaired) electrons. The summed E-state index contributed by atoms with van der Waals surface area (Å²) in [6, 6.07) is 23.8. The lowest BCUT2D eigenvalue weighted by Gasteiger charge is -2.19. The number of benzene rings is 3. The number of hydrogen-bond acceptors (Lipinski definition) is 3. The fraction of sp³-hybridized carbons (Fsp3) is 0.192. The number of carbonyl (C=O) groups excluding carboxylic acids is 1. The highest BCUT2D eigenvalue weighted by molar-refractivity contribution is 5.85.